The van der Waals surface area contributed by atoms with E-state index in [0.29, 0.717) is 61.8 Å². The predicted molar refractivity (Wildman–Crippen MR) is 117 cm³/mol. The van der Waals surface area contributed by atoms with Crippen LogP contribution in [0.15, 0.2) is 18.2 Å². The second kappa shape index (κ2) is 9.84. The Labute approximate surface area is 184 Å². The molecular formula is C22H35ClN4O. The molecule has 0 atom stereocenters. The minimum absolute atomic E-state index is 0.257. The summed E-state index contributed by atoms with van der Waals surface area (Å²) in [5.74, 6) is -0.504. The molecule has 156 valence electrons. The second-order valence-corrected chi connectivity index (χ2v) is 8.07. The average Bonchev–Trinajstić information content (AvgIpc) is 2.80. The van der Waals surface area contributed by atoms with Gasteiger partial charge < -0.3 is 15.1 Å². The summed E-state index contributed by atoms with van der Waals surface area (Å²) in [5, 5.41) is 3.40. The van der Waals surface area contributed by atoms with E-state index in [1.807, 2.05) is 25.1 Å². The molecule has 0 radical (unpaired) electrons. The number of amides is 2. The number of aryl methyl sites for hydroxylation is 1. The van der Waals surface area contributed by atoms with Crippen molar-refractivity contribution >= 4 is 23.3 Å². The Morgan fingerprint density at radius 2 is 2.00 bits per heavy atom. The molecule has 5 nitrogen and oxygen atoms in total. The lowest BCUT2D eigenvalue weighted by Crippen LogP contribution is -2.47. The van der Waals surface area contributed by atoms with Crippen LogP contribution in [0, 0.1) is 12.8 Å². The number of benzene rings is 1. The molecule has 3 rings (SSSR count). The Morgan fingerprint density at radius 3 is 2.68 bits per heavy atom. The van der Waals surface area contributed by atoms with Gasteiger partial charge in [0.15, 0.2) is 0 Å². The first kappa shape index (κ1) is 13.7. The fraction of sp³-hybridized carbons (Fsp3) is 0.682. The third-order valence-corrected chi connectivity index (χ3v) is 6.07. The van der Waals surface area contributed by atoms with Crippen molar-refractivity contribution in [2.24, 2.45) is 5.92 Å². The van der Waals surface area contributed by atoms with Crippen molar-refractivity contribution in [2.45, 2.75) is 45.0 Å². The van der Waals surface area contributed by atoms with Crippen LogP contribution in [0.3, 0.4) is 0 Å². The molecule has 2 fully saturated rings. The highest BCUT2D eigenvalue weighted by Crippen LogP contribution is 2.30. The lowest BCUT2D eigenvalue weighted by molar-refractivity contribution is 0.194. The van der Waals surface area contributed by atoms with Gasteiger partial charge in [-0.2, -0.15) is 0 Å². The van der Waals surface area contributed by atoms with Gasteiger partial charge in [-0.25, -0.2) is 4.79 Å². The van der Waals surface area contributed by atoms with Crippen LogP contribution in [0.4, 0.5) is 10.5 Å². The Morgan fingerprint density at radius 1 is 1.29 bits per heavy atom. The number of hydrogen-bond acceptors (Lipinski definition) is 3. The molecule has 1 saturated carbocycles. The van der Waals surface area contributed by atoms with Crippen LogP contribution in [0.2, 0.25) is 5.02 Å². The van der Waals surface area contributed by atoms with E-state index in [9.17, 15) is 4.79 Å². The van der Waals surface area contributed by atoms with E-state index in [4.69, 9.17) is 21.2 Å². The normalized spacial score (nSPS) is 28.7. The third-order valence-electron chi connectivity index (χ3n) is 5.58. The fourth-order valence-electron chi connectivity index (χ4n) is 3.77. The molecule has 1 aromatic rings. The molecule has 0 aromatic heterocycles. The lowest BCUT2D eigenvalue weighted by Gasteiger charge is -2.37. The zero-order valence-electron chi connectivity index (χ0n) is 23.7. The summed E-state index contributed by atoms with van der Waals surface area (Å²) >= 11 is 6.46. The first-order chi connectivity index (χ1) is 16.2. The van der Waals surface area contributed by atoms with E-state index >= 15 is 0 Å². The number of urea groups is 1. The van der Waals surface area contributed by atoms with Crippen molar-refractivity contribution in [2.75, 3.05) is 51.6 Å². The van der Waals surface area contributed by atoms with Gasteiger partial charge in [0.25, 0.3) is 0 Å². The molecule has 2 amide bonds. The summed E-state index contributed by atoms with van der Waals surface area (Å²) in [7, 11) is 1.22. The number of halogens is 1. The average molecular weight is 414 g/mol. The Kier molecular flexibility index (Phi) is 4.82. The molecule has 0 bridgehead atoms. The van der Waals surface area contributed by atoms with Gasteiger partial charge in [0.05, 0.1) is 10.7 Å². The molecule has 0 spiro atoms. The van der Waals surface area contributed by atoms with Crippen LogP contribution in [-0.4, -0.2) is 68.6 Å². The smallest absolute Gasteiger partial charge is 0.317 e. The van der Waals surface area contributed by atoms with Crippen molar-refractivity contribution < 1.29 is 14.4 Å². The number of carbonyl (C=O) groups is 1. The second-order valence-electron chi connectivity index (χ2n) is 7.70. The predicted octanol–water partition coefficient (Wildman–Crippen LogP) is 3.99. The first-order valence-electron chi connectivity index (χ1n) is 13.5. The number of anilines is 1. The Bertz CT molecular complexity index is 898. The van der Waals surface area contributed by atoms with Gasteiger partial charge in [-0.15, -0.1) is 0 Å². The first-order valence-corrected chi connectivity index (χ1v) is 10.3. The molecule has 6 heteroatoms. The molecule has 1 saturated heterocycles. The lowest BCUT2D eigenvalue weighted by atomic mass is 9.84. The summed E-state index contributed by atoms with van der Waals surface area (Å²) in [4.78, 5) is 16.6. The highest BCUT2D eigenvalue weighted by molar-refractivity contribution is 6.34. The maximum atomic E-state index is 12.2. The van der Waals surface area contributed by atoms with Crippen molar-refractivity contribution in [3.63, 3.8) is 0 Å². The van der Waals surface area contributed by atoms with Gasteiger partial charge >= 0.3 is 6.03 Å². The van der Waals surface area contributed by atoms with E-state index < -0.39 is 31.8 Å². The highest BCUT2D eigenvalue weighted by Gasteiger charge is 2.24. The van der Waals surface area contributed by atoms with Crippen molar-refractivity contribution in [1.29, 1.82) is 0 Å². The number of nitrogens with zero attached hydrogens (tertiary/aromatic N) is 3. The van der Waals surface area contributed by atoms with Gasteiger partial charge in [0.1, 0.15) is 0 Å². The molecule has 1 aromatic carbocycles. The number of piperazine rings is 1. The molecule has 1 aliphatic heterocycles. The van der Waals surface area contributed by atoms with Crippen molar-refractivity contribution in [3.05, 3.63) is 28.8 Å². The molecule has 1 aliphatic carbocycles. The molecular weight excluding hydrogens is 372 g/mol. The van der Waals surface area contributed by atoms with Crippen LogP contribution >= 0.6 is 11.6 Å². The zero-order chi connectivity index (χ0) is 26.2. The minimum Gasteiger partial charge on any atom is -0.368 e. The summed E-state index contributed by atoms with van der Waals surface area (Å²) in [6.45, 7) is -0.876. The van der Waals surface area contributed by atoms with Crippen LogP contribution in [0.25, 0.3) is 0 Å². The quantitative estimate of drug-likeness (QED) is 0.793. The van der Waals surface area contributed by atoms with E-state index in [-0.39, 0.29) is 6.04 Å². The third kappa shape index (κ3) is 5.54. The van der Waals surface area contributed by atoms with Crippen LogP contribution < -0.4 is 10.2 Å². The maximum Gasteiger partial charge on any atom is 0.317 e. The summed E-state index contributed by atoms with van der Waals surface area (Å²) in [6, 6.07) is 4.90. The molecule has 2 aliphatic rings. The topological polar surface area (TPSA) is 38.8 Å². The van der Waals surface area contributed by atoms with Crippen LogP contribution in [-0.2, 0) is 0 Å². The minimum atomic E-state index is -2.52. The largest absolute Gasteiger partial charge is 0.368 e. The highest BCUT2D eigenvalue weighted by atomic mass is 35.5. The van der Waals surface area contributed by atoms with E-state index in [1.165, 1.54) is 7.05 Å². The molecule has 1 N–H and O–H groups in total. The maximum absolute atomic E-state index is 12.2. The molecule has 0 unspecified atom stereocenters. The van der Waals surface area contributed by atoms with Gasteiger partial charge in [-0.1, -0.05) is 23.7 Å². The Hall–Kier alpha value is -1.46. The van der Waals surface area contributed by atoms with Gasteiger partial charge in [0.2, 0.25) is 0 Å². The van der Waals surface area contributed by atoms with Crippen molar-refractivity contribution in [3.8, 4) is 0 Å². The molecule has 28 heavy (non-hydrogen) atoms. The van der Waals surface area contributed by atoms with Crippen LogP contribution in [0.1, 0.15) is 47.2 Å². The standard InChI is InChI=1S/C22H35ClN4O/c1-17-5-4-6-20(21(17)23)27-15-13-26(14-16-27)12-11-18-7-9-19(10-8-18)24-22(28)25(2)3/h4-6,18-19H,7-16H2,1-3H3,(H,24,28)/i2D3,11D2,12D2. The van der Waals surface area contributed by atoms with Crippen molar-refractivity contribution in [1.82, 2.24) is 15.1 Å². The summed E-state index contributed by atoms with van der Waals surface area (Å²) in [5.41, 5.74) is 1.90. The summed E-state index contributed by atoms with van der Waals surface area (Å²) in [6.07, 6.45) is -0.316. The molecule has 1 heterocycles. The van der Waals surface area contributed by atoms with Crippen LogP contribution in [0.5, 0.6) is 0 Å². The Balaban J connectivity index is 1.57. The van der Waals surface area contributed by atoms with E-state index in [1.54, 1.807) is 4.90 Å². The van der Waals surface area contributed by atoms with Gasteiger partial charge in [0, 0.05) is 55.8 Å². The van der Waals surface area contributed by atoms with Gasteiger partial charge in [-0.3, -0.25) is 4.90 Å². The van der Waals surface area contributed by atoms with E-state index in [2.05, 4.69) is 10.2 Å². The SMILES string of the molecule is [2H]C([2H])([2H])N(C)C(=O)NC1CCC(C([2H])([2H])C([2H])([2H])N2CCN(c3cccc(C)c3Cl)CC2)CC1. The fourth-order valence-corrected chi connectivity index (χ4v) is 4.02. The number of rotatable bonds is 5. The number of hydrogen-bond donors (Lipinski definition) is 1. The number of nitrogens with one attached hydrogen (secondary N) is 1. The van der Waals surface area contributed by atoms with E-state index in [0.717, 1.165) is 11.3 Å². The zero-order valence-corrected chi connectivity index (χ0v) is 17.4. The van der Waals surface area contributed by atoms with Gasteiger partial charge in [-0.05, 0) is 63.0 Å². The number of carbonyl (C=O) groups excluding carboxylic acids is 1. The summed E-state index contributed by atoms with van der Waals surface area (Å²) < 4.78 is 57.0. The monoisotopic (exact) mass is 413 g/mol.